The van der Waals surface area contributed by atoms with Gasteiger partial charge in [0.25, 0.3) is 5.69 Å². The monoisotopic (exact) mass is 520 g/mol. The SMILES string of the molecule is CN(CCOCCOCCOCCOCCOCCO)c1ccc(N=Nc2ccc([N+](=O)[O-])cc2)cc1. The molecule has 0 bridgehead atoms. The van der Waals surface area contributed by atoms with Crippen molar-refractivity contribution in [1.82, 2.24) is 0 Å². The molecule has 0 fully saturated rings. The average Bonchev–Trinajstić information content (AvgIpc) is 2.92. The molecular weight excluding hydrogens is 484 g/mol. The second-order valence-corrected chi connectivity index (χ2v) is 7.70. The number of ether oxygens (including phenoxy) is 5. The van der Waals surface area contributed by atoms with Crippen molar-refractivity contribution < 1.29 is 33.7 Å². The molecule has 2 aromatic rings. The standard InChI is InChI=1S/C25H36N4O8/c1-28(10-12-33-14-16-35-18-20-37-21-19-36-17-15-34-13-11-30)24-6-2-22(3-7-24)26-27-23-4-8-25(9-5-23)29(31)32/h2-9,30H,10-21H2,1H3. The molecule has 0 unspecified atom stereocenters. The smallest absolute Gasteiger partial charge is 0.269 e. The molecule has 0 heterocycles. The van der Waals surface area contributed by atoms with E-state index in [0.717, 1.165) is 12.2 Å². The van der Waals surface area contributed by atoms with Crippen LogP contribution in [0.5, 0.6) is 0 Å². The van der Waals surface area contributed by atoms with Crippen LogP contribution in [0.1, 0.15) is 0 Å². The van der Waals surface area contributed by atoms with E-state index in [9.17, 15) is 10.1 Å². The Morgan fingerprint density at radius 3 is 1.54 bits per heavy atom. The van der Waals surface area contributed by atoms with E-state index in [-0.39, 0.29) is 12.3 Å². The van der Waals surface area contributed by atoms with Crippen molar-refractivity contribution in [3.05, 3.63) is 58.6 Å². The van der Waals surface area contributed by atoms with E-state index in [4.69, 9.17) is 28.8 Å². The highest BCUT2D eigenvalue weighted by Gasteiger charge is 2.04. The summed E-state index contributed by atoms with van der Waals surface area (Å²) in [5.41, 5.74) is 2.27. The molecule has 0 aliphatic carbocycles. The summed E-state index contributed by atoms with van der Waals surface area (Å²) in [7, 11) is 1.98. The fourth-order valence-electron chi connectivity index (χ4n) is 2.91. The van der Waals surface area contributed by atoms with Crippen molar-refractivity contribution in [3.8, 4) is 0 Å². The van der Waals surface area contributed by atoms with Gasteiger partial charge in [0.15, 0.2) is 0 Å². The lowest BCUT2D eigenvalue weighted by atomic mass is 10.2. The Morgan fingerprint density at radius 1 is 0.703 bits per heavy atom. The zero-order valence-corrected chi connectivity index (χ0v) is 21.2. The number of nitro benzene ring substituents is 1. The summed E-state index contributed by atoms with van der Waals surface area (Å²) in [6.07, 6.45) is 0. The van der Waals surface area contributed by atoms with Crippen LogP contribution in [0.15, 0.2) is 58.8 Å². The van der Waals surface area contributed by atoms with Crippen molar-refractivity contribution in [3.63, 3.8) is 0 Å². The van der Waals surface area contributed by atoms with Crippen LogP contribution in [0.4, 0.5) is 22.7 Å². The minimum absolute atomic E-state index is 0.0179. The van der Waals surface area contributed by atoms with Gasteiger partial charge in [-0.2, -0.15) is 10.2 Å². The highest BCUT2D eigenvalue weighted by molar-refractivity contribution is 5.52. The normalized spacial score (nSPS) is 11.3. The molecule has 2 aromatic carbocycles. The molecule has 12 heteroatoms. The molecule has 0 saturated heterocycles. The van der Waals surface area contributed by atoms with Gasteiger partial charge in [0.2, 0.25) is 0 Å². The summed E-state index contributed by atoms with van der Waals surface area (Å²) in [6.45, 7) is 5.57. The first-order chi connectivity index (χ1) is 18.1. The maximum atomic E-state index is 10.7. The molecular formula is C25H36N4O8. The highest BCUT2D eigenvalue weighted by atomic mass is 16.6. The topological polar surface area (TPSA) is 137 Å². The van der Waals surface area contributed by atoms with Gasteiger partial charge < -0.3 is 33.7 Å². The third kappa shape index (κ3) is 13.8. The molecule has 0 spiro atoms. The first-order valence-corrected chi connectivity index (χ1v) is 12.1. The second-order valence-electron chi connectivity index (χ2n) is 7.70. The van der Waals surface area contributed by atoms with Gasteiger partial charge in [-0.05, 0) is 36.4 Å². The number of nitrogens with zero attached hydrogens (tertiary/aromatic N) is 4. The van der Waals surface area contributed by atoms with E-state index in [2.05, 4.69) is 15.1 Å². The quantitative estimate of drug-likeness (QED) is 0.113. The Kier molecular flexibility index (Phi) is 15.6. The molecule has 2 rings (SSSR count). The van der Waals surface area contributed by atoms with Gasteiger partial charge in [-0.3, -0.25) is 10.1 Å². The summed E-state index contributed by atoms with van der Waals surface area (Å²) < 4.78 is 26.9. The zero-order chi connectivity index (χ0) is 26.6. The van der Waals surface area contributed by atoms with Gasteiger partial charge >= 0.3 is 0 Å². The third-order valence-corrected chi connectivity index (χ3v) is 4.93. The van der Waals surface area contributed by atoms with Gasteiger partial charge in [-0.1, -0.05) is 0 Å². The van der Waals surface area contributed by atoms with Crippen LogP contribution in [-0.2, 0) is 23.7 Å². The van der Waals surface area contributed by atoms with Crippen molar-refractivity contribution in [2.75, 3.05) is 91.2 Å². The van der Waals surface area contributed by atoms with Gasteiger partial charge in [0.1, 0.15) is 0 Å². The van der Waals surface area contributed by atoms with Crippen LogP contribution in [0.2, 0.25) is 0 Å². The number of hydrogen-bond acceptors (Lipinski definition) is 11. The molecule has 0 atom stereocenters. The molecule has 0 aromatic heterocycles. The number of aliphatic hydroxyl groups excluding tert-OH is 1. The Morgan fingerprint density at radius 2 is 1.11 bits per heavy atom. The van der Waals surface area contributed by atoms with Crippen LogP contribution in [0.25, 0.3) is 0 Å². The van der Waals surface area contributed by atoms with Crippen molar-refractivity contribution >= 4 is 22.7 Å². The lowest BCUT2D eigenvalue weighted by molar-refractivity contribution is -0.384. The highest BCUT2D eigenvalue weighted by Crippen LogP contribution is 2.23. The van der Waals surface area contributed by atoms with Crippen LogP contribution in [0, 0.1) is 10.1 Å². The van der Waals surface area contributed by atoms with Crippen molar-refractivity contribution in [2.24, 2.45) is 10.2 Å². The molecule has 0 radical (unpaired) electrons. The summed E-state index contributed by atoms with van der Waals surface area (Å²) in [4.78, 5) is 12.3. The summed E-state index contributed by atoms with van der Waals surface area (Å²) in [5, 5.41) is 27.6. The number of benzene rings is 2. The van der Waals surface area contributed by atoms with Gasteiger partial charge in [0, 0.05) is 31.4 Å². The zero-order valence-electron chi connectivity index (χ0n) is 21.2. The molecule has 0 aliphatic heterocycles. The molecule has 204 valence electrons. The van der Waals surface area contributed by atoms with Crippen molar-refractivity contribution in [2.45, 2.75) is 0 Å². The van der Waals surface area contributed by atoms with Crippen LogP contribution >= 0.6 is 0 Å². The van der Waals surface area contributed by atoms with E-state index in [1.54, 1.807) is 12.1 Å². The molecule has 0 amide bonds. The second kappa shape index (κ2) is 19.2. The lowest BCUT2D eigenvalue weighted by Crippen LogP contribution is -2.23. The molecule has 0 aliphatic rings. The predicted octanol–water partition coefficient (Wildman–Crippen LogP) is 3.52. The first-order valence-electron chi connectivity index (χ1n) is 12.1. The number of likely N-dealkylation sites (N-methyl/N-ethyl adjacent to an activating group) is 1. The van der Waals surface area contributed by atoms with Crippen LogP contribution in [-0.4, -0.2) is 96.3 Å². The fraction of sp³-hybridized carbons (Fsp3) is 0.520. The third-order valence-electron chi connectivity index (χ3n) is 4.93. The lowest BCUT2D eigenvalue weighted by Gasteiger charge is -2.19. The van der Waals surface area contributed by atoms with Crippen LogP contribution in [0.3, 0.4) is 0 Å². The first kappa shape index (κ1) is 30.2. The molecule has 12 nitrogen and oxygen atoms in total. The Balaban J connectivity index is 1.48. The minimum atomic E-state index is -0.451. The number of anilines is 1. The summed E-state index contributed by atoms with van der Waals surface area (Å²) in [5.74, 6) is 0. The van der Waals surface area contributed by atoms with E-state index in [0.29, 0.717) is 77.4 Å². The van der Waals surface area contributed by atoms with Crippen LogP contribution < -0.4 is 4.90 Å². The molecule has 37 heavy (non-hydrogen) atoms. The average molecular weight is 521 g/mol. The Bertz CT molecular complexity index is 897. The van der Waals surface area contributed by atoms with E-state index in [1.807, 2.05) is 31.3 Å². The predicted molar refractivity (Wildman–Crippen MR) is 138 cm³/mol. The maximum absolute atomic E-state index is 10.7. The molecule has 1 N–H and O–H groups in total. The molecule has 0 saturated carbocycles. The maximum Gasteiger partial charge on any atom is 0.269 e. The minimum Gasteiger partial charge on any atom is -0.394 e. The van der Waals surface area contributed by atoms with Gasteiger partial charge in [-0.15, -0.1) is 0 Å². The van der Waals surface area contributed by atoms with Crippen molar-refractivity contribution in [1.29, 1.82) is 0 Å². The fourth-order valence-corrected chi connectivity index (χ4v) is 2.91. The van der Waals surface area contributed by atoms with E-state index >= 15 is 0 Å². The van der Waals surface area contributed by atoms with E-state index < -0.39 is 4.92 Å². The van der Waals surface area contributed by atoms with Gasteiger partial charge in [0.05, 0.1) is 89.0 Å². The van der Waals surface area contributed by atoms with E-state index in [1.165, 1.54) is 12.1 Å². The number of nitro groups is 1. The number of azo groups is 1. The largest absolute Gasteiger partial charge is 0.394 e. The Labute approximate surface area is 216 Å². The number of hydrogen-bond donors (Lipinski definition) is 1. The van der Waals surface area contributed by atoms with Gasteiger partial charge in [-0.25, -0.2) is 0 Å². The number of rotatable bonds is 21. The number of non-ortho nitro benzene ring substituents is 1. The summed E-state index contributed by atoms with van der Waals surface area (Å²) in [6, 6.07) is 13.5. The summed E-state index contributed by atoms with van der Waals surface area (Å²) >= 11 is 0. The number of aliphatic hydroxyl groups is 1. The Hall–Kier alpha value is -3.00.